The van der Waals surface area contributed by atoms with Crippen LogP contribution < -0.4 is 4.74 Å². The third-order valence-corrected chi connectivity index (χ3v) is 2.90. The summed E-state index contributed by atoms with van der Waals surface area (Å²) in [4.78, 5) is 0. The Morgan fingerprint density at radius 3 is 2.59 bits per heavy atom. The molecule has 0 heterocycles. The highest BCUT2D eigenvalue weighted by Gasteiger charge is 2.01. The van der Waals surface area contributed by atoms with Crippen molar-refractivity contribution in [1.29, 1.82) is 0 Å². The molecule has 1 aromatic rings. The number of ether oxygens (including phenoxy) is 1. The first-order valence-electron chi connectivity index (χ1n) is 5.75. The van der Waals surface area contributed by atoms with E-state index in [0.717, 1.165) is 32.1 Å². The summed E-state index contributed by atoms with van der Waals surface area (Å²) in [7, 11) is 0. The van der Waals surface area contributed by atoms with Crippen LogP contribution in [0.15, 0.2) is 18.2 Å². The summed E-state index contributed by atoms with van der Waals surface area (Å²) in [6, 6.07) is 5.25. The molecule has 0 spiro atoms. The molecular formula is C14H16Cl2O. The van der Waals surface area contributed by atoms with E-state index in [1.165, 1.54) is 0 Å². The summed E-state index contributed by atoms with van der Waals surface area (Å²) < 4.78 is 5.57. The van der Waals surface area contributed by atoms with Crippen LogP contribution >= 0.6 is 23.2 Å². The molecule has 1 nitrogen and oxygen atoms in total. The molecule has 0 amide bonds. The predicted octanol–water partition coefficient (Wildman–Crippen LogP) is 4.96. The maximum atomic E-state index is 5.98. The summed E-state index contributed by atoms with van der Waals surface area (Å²) in [5, 5.41) is 1.18. The molecule has 0 saturated heterocycles. The molecule has 17 heavy (non-hydrogen) atoms. The van der Waals surface area contributed by atoms with E-state index in [-0.39, 0.29) is 0 Å². The standard InChI is InChI=1S/C14H16Cl2O/c1-2-3-4-5-6-7-10-17-14-9-8-12(15)11-13(14)16/h1,8-9,11H,3-7,10H2. The van der Waals surface area contributed by atoms with Crippen molar-refractivity contribution in [2.45, 2.75) is 32.1 Å². The van der Waals surface area contributed by atoms with Crippen LogP contribution in [0.25, 0.3) is 0 Å². The number of terminal acetylenes is 1. The van der Waals surface area contributed by atoms with Gasteiger partial charge >= 0.3 is 0 Å². The number of hydrogen-bond donors (Lipinski definition) is 0. The Hall–Kier alpha value is -0.840. The van der Waals surface area contributed by atoms with E-state index >= 15 is 0 Å². The van der Waals surface area contributed by atoms with Crippen LogP contribution in [0.4, 0.5) is 0 Å². The van der Waals surface area contributed by atoms with Crippen LogP contribution in [0, 0.1) is 12.3 Å². The summed E-state index contributed by atoms with van der Waals surface area (Å²) in [6.07, 6.45) is 10.4. The lowest BCUT2D eigenvalue weighted by molar-refractivity contribution is 0.305. The van der Waals surface area contributed by atoms with Gasteiger partial charge in [-0.3, -0.25) is 0 Å². The van der Waals surface area contributed by atoms with Crippen LogP contribution in [-0.2, 0) is 0 Å². The maximum Gasteiger partial charge on any atom is 0.137 e. The van der Waals surface area contributed by atoms with Gasteiger partial charge in [-0.05, 0) is 31.0 Å². The van der Waals surface area contributed by atoms with Crippen LogP contribution in [-0.4, -0.2) is 6.61 Å². The zero-order valence-electron chi connectivity index (χ0n) is 9.72. The lowest BCUT2D eigenvalue weighted by Gasteiger charge is -2.07. The first-order chi connectivity index (χ1) is 8.24. The number of unbranched alkanes of at least 4 members (excludes halogenated alkanes) is 4. The minimum absolute atomic E-state index is 0.560. The Bertz CT molecular complexity index is 382. The third kappa shape index (κ3) is 5.86. The van der Waals surface area contributed by atoms with E-state index in [0.29, 0.717) is 22.4 Å². The van der Waals surface area contributed by atoms with Gasteiger partial charge in [-0.25, -0.2) is 0 Å². The molecule has 0 saturated carbocycles. The second-order valence-corrected chi connectivity index (χ2v) is 4.64. The number of benzene rings is 1. The zero-order chi connectivity index (χ0) is 12.5. The van der Waals surface area contributed by atoms with Crippen molar-refractivity contribution < 1.29 is 4.74 Å². The molecule has 0 aliphatic carbocycles. The van der Waals surface area contributed by atoms with E-state index in [9.17, 15) is 0 Å². The van der Waals surface area contributed by atoms with Crippen molar-refractivity contribution in [3.63, 3.8) is 0 Å². The number of halogens is 2. The average Bonchev–Trinajstić information content (AvgIpc) is 2.30. The summed E-state index contributed by atoms with van der Waals surface area (Å²) >= 11 is 11.8. The fourth-order valence-corrected chi connectivity index (χ4v) is 1.92. The monoisotopic (exact) mass is 270 g/mol. The summed E-state index contributed by atoms with van der Waals surface area (Å²) in [6.45, 7) is 0.678. The fraction of sp³-hybridized carbons (Fsp3) is 0.429. The van der Waals surface area contributed by atoms with Crippen molar-refractivity contribution in [1.82, 2.24) is 0 Å². The average molecular weight is 271 g/mol. The molecule has 1 rings (SSSR count). The van der Waals surface area contributed by atoms with Gasteiger partial charge in [0.2, 0.25) is 0 Å². The molecule has 3 heteroatoms. The Kier molecular flexibility index (Phi) is 6.93. The lowest BCUT2D eigenvalue weighted by Crippen LogP contribution is -1.97. The highest BCUT2D eigenvalue weighted by molar-refractivity contribution is 6.35. The van der Waals surface area contributed by atoms with Crippen LogP contribution in [0.2, 0.25) is 10.0 Å². The first-order valence-corrected chi connectivity index (χ1v) is 6.51. The van der Waals surface area contributed by atoms with Crippen LogP contribution in [0.1, 0.15) is 32.1 Å². The van der Waals surface area contributed by atoms with E-state index in [4.69, 9.17) is 34.4 Å². The largest absolute Gasteiger partial charge is 0.492 e. The lowest BCUT2D eigenvalue weighted by atomic mass is 10.1. The molecule has 0 unspecified atom stereocenters. The van der Waals surface area contributed by atoms with Gasteiger partial charge in [-0.15, -0.1) is 12.3 Å². The molecule has 0 aliphatic rings. The predicted molar refractivity (Wildman–Crippen MR) is 73.9 cm³/mol. The highest BCUT2D eigenvalue weighted by atomic mass is 35.5. The van der Waals surface area contributed by atoms with Crippen molar-refractivity contribution in [3.8, 4) is 18.1 Å². The fourth-order valence-electron chi connectivity index (χ4n) is 1.46. The van der Waals surface area contributed by atoms with E-state index < -0.39 is 0 Å². The van der Waals surface area contributed by atoms with Crippen molar-refractivity contribution in [2.75, 3.05) is 6.61 Å². The molecule has 0 radical (unpaired) electrons. The molecule has 0 bridgehead atoms. The van der Waals surface area contributed by atoms with Gasteiger partial charge in [-0.2, -0.15) is 0 Å². The van der Waals surface area contributed by atoms with Crippen molar-refractivity contribution in [2.24, 2.45) is 0 Å². The van der Waals surface area contributed by atoms with E-state index in [1.807, 2.05) is 0 Å². The summed E-state index contributed by atoms with van der Waals surface area (Å²) in [5.41, 5.74) is 0. The summed E-state index contributed by atoms with van der Waals surface area (Å²) in [5.74, 6) is 3.33. The maximum absolute atomic E-state index is 5.98. The molecule has 0 fully saturated rings. The third-order valence-electron chi connectivity index (χ3n) is 2.37. The Balaban J connectivity index is 2.16. The first kappa shape index (κ1) is 14.2. The van der Waals surface area contributed by atoms with Gasteiger partial charge < -0.3 is 4.74 Å². The molecule has 0 N–H and O–H groups in total. The van der Waals surface area contributed by atoms with Gasteiger partial charge in [0.05, 0.1) is 11.6 Å². The topological polar surface area (TPSA) is 9.23 Å². The smallest absolute Gasteiger partial charge is 0.137 e. The van der Waals surface area contributed by atoms with E-state index in [1.54, 1.807) is 18.2 Å². The molecule has 0 aromatic heterocycles. The minimum atomic E-state index is 0.560. The SMILES string of the molecule is C#CCCCCCCOc1ccc(Cl)cc1Cl. The number of rotatable bonds is 7. The van der Waals surface area contributed by atoms with E-state index in [2.05, 4.69) is 5.92 Å². The van der Waals surface area contributed by atoms with Gasteiger partial charge in [0.25, 0.3) is 0 Å². The number of hydrogen-bond acceptors (Lipinski definition) is 1. The van der Waals surface area contributed by atoms with Crippen LogP contribution in [0.3, 0.4) is 0 Å². The second kappa shape index (κ2) is 8.28. The quantitative estimate of drug-likeness (QED) is 0.503. The second-order valence-electron chi connectivity index (χ2n) is 3.79. The van der Waals surface area contributed by atoms with Gasteiger partial charge in [0, 0.05) is 11.4 Å². The Labute approximate surface area is 113 Å². The minimum Gasteiger partial charge on any atom is -0.492 e. The molecule has 1 aromatic carbocycles. The molecule has 0 aliphatic heterocycles. The van der Waals surface area contributed by atoms with Crippen molar-refractivity contribution in [3.05, 3.63) is 28.2 Å². The Morgan fingerprint density at radius 2 is 1.88 bits per heavy atom. The molecule has 0 atom stereocenters. The molecular weight excluding hydrogens is 255 g/mol. The van der Waals surface area contributed by atoms with Crippen molar-refractivity contribution >= 4 is 23.2 Å². The van der Waals surface area contributed by atoms with Gasteiger partial charge in [-0.1, -0.05) is 36.0 Å². The van der Waals surface area contributed by atoms with Gasteiger partial charge in [0.1, 0.15) is 5.75 Å². The molecule has 92 valence electrons. The zero-order valence-corrected chi connectivity index (χ0v) is 11.2. The normalized spacial score (nSPS) is 9.94. The Morgan fingerprint density at radius 1 is 1.12 bits per heavy atom. The van der Waals surface area contributed by atoms with Gasteiger partial charge in [0.15, 0.2) is 0 Å². The highest BCUT2D eigenvalue weighted by Crippen LogP contribution is 2.27. The van der Waals surface area contributed by atoms with Crippen LogP contribution in [0.5, 0.6) is 5.75 Å².